The van der Waals surface area contributed by atoms with E-state index in [1.807, 2.05) is 0 Å². The highest BCUT2D eigenvalue weighted by Gasteiger charge is 2.40. The van der Waals surface area contributed by atoms with E-state index in [0.29, 0.717) is 0 Å². The number of benzene rings is 1. The molecule has 1 saturated carbocycles. The number of anilines is 1. The van der Waals surface area contributed by atoms with Gasteiger partial charge in [0.05, 0.1) is 23.9 Å². The minimum atomic E-state index is -3.32. The highest BCUT2D eigenvalue weighted by Crippen LogP contribution is 2.44. The summed E-state index contributed by atoms with van der Waals surface area (Å²) in [5.41, 5.74) is -0.194. The molecule has 1 N–H and O–H groups in total. The van der Waals surface area contributed by atoms with Gasteiger partial charge >= 0.3 is 6.11 Å². The van der Waals surface area contributed by atoms with Gasteiger partial charge in [-0.2, -0.15) is 8.78 Å². The van der Waals surface area contributed by atoms with Gasteiger partial charge in [-0.25, -0.2) is 27.5 Å². The summed E-state index contributed by atoms with van der Waals surface area (Å²) < 4.78 is 86.8. The predicted molar refractivity (Wildman–Crippen MR) is 106 cm³/mol. The molecule has 1 aliphatic heterocycles. The Morgan fingerprint density at radius 1 is 1.03 bits per heavy atom. The van der Waals surface area contributed by atoms with E-state index in [1.165, 1.54) is 0 Å². The molecule has 0 spiro atoms. The molecule has 2 fully saturated rings. The summed E-state index contributed by atoms with van der Waals surface area (Å²) in [4.78, 5) is 21.1. The highest BCUT2D eigenvalue weighted by atomic mass is 19.3. The third-order valence-electron chi connectivity index (χ3n) is 6.06. The fraction of sp³-hybridized carbons (Fsp3) is 0.500. The Hall–Kier alpha value is -2.69. The van der Waals surface area contributed by atoms with Gasteiger partial charge in [0.2, 0.25) is 11.8 Å². The second kappa shape index (κ2) is 8.92. The highest BCUT2D eigenvalue weighted by molar-refractivity contribution is 5.97. The molecule has 1 amide bonds. The topological polar surface area (TPSA) is 64.1 Å². The van der Waals surface area contributed by atoms with Crippen molar-refractivity contribution in [3.05, 3.63) is 41.9 Å². The molecule has 1 aromatic carbocycles. The number of amides is 1. The second-order valence-electron chi connectivity index (χ2n) is 8.41. The van der Waals surface area contributed by atoms with Gasteiger partial charge in [0, 0.05) is 30.7 Å². The number of alkyl halides is 4. The van der Waals surface area contributed by atoms with E-state index >= 15 is 0 Å². The number of nitrogens with one attached hydrogen (secondary N) is 1. The van der Waals surface area contributed by atoms with Gasteiger partial charge in [-0.15, -0.1) is 0 Å². The Kier molecular flexibility index (Phi) is 6.35. The van der Waals surface area contributed by atoms with E-state index in [2.05, 4.69) is 20.0 Å². The van der Waals surface area contributed by atoms with Crippen LogP contribution in [-0.2, 0) is 9.53 Å². The lowest BCUT2D eigenvalue weighted by Crippen LogP contribution is -2.37. The van der Waals surface area contributed by atoms with Crippen LogP contribution in [0.3, 0.4) is 0 Å². The molecule has 1 aromatic heterocycles. The summed E-state index contributed by atoms with van der Waals surface area (Å²) in [5, 5.41) is 2.57. The van der Waals surface area contributed by atoms with E-state index < -0.39 is 54.4 Å². The van der Waals surface area contributed by atoms with Crippen LogP contribution in [0.4, 0.5) is 32.0 Å². The SMILES string of the molecule is O=C(Nc1c(-c2cc(F)ccc2F)ncnc1C1CCC(F)(F)CC1)C1CCC(F)(F)OC1. The first-order valence-electron chi connectivity index (χ1n) is 10.6. The minimum absolute atomic E-state index is 0.0421. The summed E-state index contributed by atoms with van der Waals surface area (Å²) in [6, 6.07) is 2.72. The molecule has 1 saturated heterocycles. The van der Waals surface area contributed by atoms with Crippen LogP contribution in [0.5, 0.6) is 0 Å². The Morgan fingerprint density at radius 2 is 1.76 bits per heavy atom. The van der Waals surface area contributed by atoms with Crippen molar-refractivity contribution in [2.45, 2.75) is 56.5 Å². The number of carbonyl (C=O) groups excluding carboxylic acids is 1. The van der Waals surface area contributed by atoms with Gasteiger partial charge in [0.1, 0.15) is 23.7 Å². The van der Waals surface area contributed by atoms with Crippen molar-refractivity contribution in [2.24, 2.45) is 5.92 Å². The van der Waals surface area contributed by atoms with Crippen molar-refractivity contribution >= 4 is 11.6 Å². The zero-order valence-corrected chi connectivity index (χ0v) is 17.4. The summed E-state index contributed by atoms with van der Waals surface area (Å²) in [7, 11) is 0. The van der Waals surface area contributed by atoms with Crippen molar-refractivity contribution in [2.75, 3.05) is 11.9 Å². The maximum absolute atomic E-state index is 14.5. The lowest BCUT2D eigenvalue weighted by molar-refractivity contribution is -0.265. The number of carbonyl (C=O) groups is 1. The molecule has 0 bridgehead atoms. The van der Waals surface area contributed by atoms with Crippen LogP contribution >= 0.6 is 0 Å². The lowest BCUT2D eigenvalue weighted by atomic mass is 9.83. The number of ether oxygens (including phenoxy) is 1. The number of rotatable bonds is 4. The molecule has 178 valence electrons. The van der Waals surface area contributed by atoms with E-state index in [1.54, 1.807) is 0 Å². The van der Waals surface area contributed by atoms with Crippen LogP contribution in [0.25, 0.3) is 11.3 Å². The fourth-order valence-electron chi connectivity index (χ4n) is 4.18. The summed E-state index contributed by atoms with van der Waals surface area (Å²) in [5.74, 6) is -6.45. The molecular weight excluding hydrogens is 452 g/mol. The second-order valence-corrected chi connectivity index (χ2v) is 8.41. The molecule has 5 nitrogen and oxygen atoms in total. The summed E-state index contributed by atoms with van der Waals surface area (Å²) in [6.45, 7) is -0.527. The molecular formula is C22H21F6N3O2. The average molecular weight is 473 g/mol. The lowest BCUT2D eigenvalue weighted by Gasteiger charge is -2.30. The standard InChI is InChI=1S/C22H21F6N3O2/c23-14-1-2-16(24)15(9-14)18-19(31-20(32)13-5-8-22(27,28)33-10-13)17(29-11-30-18)12-3-6-21(25,26)7-4-12/h1-2,9,11-13H,3-8,10H2,(H,31,32). The monoisotopic (exact) mass is 473 g/mol. The van der Waals surface area contributed by atoms with Gasteiger partial charge in [0.15, 0.2) is 0 Å². The van der Waals surface area contributed by atoms with E-state index in [-0.39, 0.29) is 54.7 Å². The van der Waals surface area contributed by atoms with Crippen LogP contribution in [0.1, 0.15) is 50.1 Å². The molecule has 2 aromatic rings. The number of nitrogens with zero attached hydrogens (tertiary/aromatic N) is 2. The van der Waals surface area contributed by atoms with E-state index in [0.717, 1.165) is 24.5 Å². The Balaban J connectivity index is 1.70. The normalized spacial score (nSPS) is 22.7. The first-order valence-corrected chi connectivity index (χ1v) is 10.6. The van der Waals surface area contributed by atoms with Crippen LogP contribution in [-0.4, -0.2) is 34.5 Å². The molecule has 4 rings (SSSR count). The van der Waals surface area contributed by atoms with Crippen molar-refractivity contribution in [1.29, 1.82) is 0 Å². The number of hydrogen-bond acceptors (Lipinski definition) is 4. The number of hydrogen-bond donors (Lipinski definition) is 1. The van der Waals surface area contributed by atoms with Gasteiger partial charge in [-0.3, -0.25) is 4.79 Å². The quantitative estimate of drug-likeness (QED) is 0.581. The molecule has 1 aliphatic carbocycles. The van der Waals surface area contributed by atoms with Crippen LogP contribution < -0.4 is 5.32 Å². The predicted octanol–water partition coefficient (Wildman–Crippen LogP) is 5.67. The number of aromatic nitrogens is 2. The zero-order chi connectivity index (χ0) is 23.8. The molecule has 1 atom stereocenters. The largest absolute Gasteiger partial charge is 0.355 e. The van der Waals surface area contributed by atoms with Crippen LogP contribution in [0.2, 0.25) is 0 Å². The molecule has 2 aliphatic rings. The maximum Gasteiger partial charge on any atom is 0.355 e. The Bertz CT molecular complexity index is 1030. The third kappa shape index (κ3) is 5.29. The van der Waals surface area contributed by atoms with Crippen molar-refractivity contribution in [3.8, 4) is 11.3 Å². The van der Waals surface area contributed by atoms with Gasteiger partial charge in [0.25, 0.3) is 0 Å². The van der Waals surface area contributed by atoms with Gasteiger partial charge < -0.3 is 10.1 Å². The third-order valence-corrected chi connectivity index (χ3v) is 6.06. The maximum atomic E-state index is 14.5. The summed E-state index contributed by atoms with van der Waals surface area (Å²) >= 11 is 0. The van der Waals surface area contributed by atoms with Crippen LogP contribution in [0.15, 0.2) is 24.5 Å². The molecule has 33 heavy (non-hydrogen) atoms. The van der Waals surface area contributed by atoms with Crippen molar-refractivity contribution < 1.29 is 35.9 Å². The molecule has 0 radical (unpaired) electrons. The fourth-order valence-corrected chi connectivity index (χ4v) is 4.18. The molecule has 11 heteroatoms. The zero-order valence-electron chi connectivity index (χ0n) is 17.4. The Morgan fingerprint density at radius 3 is 2.42 bits per heavy atom. The Labute approximate surface area is 185 Å². The van der Waals surface area contributed by atoms with Crippen molar-refractivity contribution in [1.82, 2.24) is 9.97 Å². The summed E-state index contributed by atoms with van der Waals surface area (Å²) in [6.07, 6.45) is -3.65. The van der Waals surface area contributed by atoms with Crippen molar-refractivity contribution in [3.63, 3.8) is 0 Å². The first-order chi connectivity index (χ1) is 15.5. The van der Waals surface area contributed by atoms with Gasteiger partial charge in [-0.05, 0) is 37.5 Å². The first kappa shape index (κ1) is 23.5. The van der Waals surface area contributed by atoms with E-state index in [4.69, 9.17) is 0 Å². The average Bonchev–Trinajstić information content (AvgIpc) is 2.76. The molecule has 2 heterocycles. The van der Waals surface area contributed by atoms with E-state index in [9.17, 15) is 31.1 Å². The smallest absolute Gasteiger partial charge is 0.322 e. The van der Waals surface area contributed by atoms with Crippen LogP contribution in [0, 0.1) is 17.6 Å². The number of halogens is 6. The van der Waals surface area contributed by atoms with Gasteiger partial charge in [-0.1, -0.05) is 0 Å². The minimum Gasteiger partial charge on any atom is -0.322 e. The molecule has 1 unspecified atom stereocenters.